The molecule has 0 spiro atoms. The van der Waals surface area contributed by atoms with Crippen molar-refractivity contribution in [2.45, 2.75) is 112 Å². The number of aliphatic hydroxyl groups excluding tert-OH is 3. The van der Waals surface area contributed by atoms with Crippen molar-refractivity contribution >= 4 is 0 Å². The van der Waals surface area contributed by atoms with Crippen molar-refractivity contribution in [1.82, 2.24) is 0 Å². The van der Waals surface area contributed by atoms with Gasteiger partial charge in [0.1, 0.15) is 0 Å². The van der Waals surface area contributed by atoms with E-state index >= 15 is 0 Å². The minimum atomic E-state index is -0.630. The fourth-order valence-corrected chi connectivity index (χ4v) is 11.0. The van der Waals surface area contributed by atoms with Gasteiger partial charge in [0.15, 0.2) is 0 Å². The van der Waals surface area contributed by atoms with E-state index in [1.54, 1.807) is 5.57 Å². The molecular formula is C30H50O3. The van der Waals surface area contributed by atoms with E-state index in [0.29, 0.717) is 36.2 Å². The highest BCUT2D eigenvalue weighted by Crippen LogP contribution is 2.75. The predicted octanol–water partition coefficient (Wildman–Crippen LogP) is 5.97. The Balaban J connectivity index is 1.60. The molecule has 0 amide bonds. The summed E-state index contributed by atoms with van der Waals surface area (Å²) in [5, 5.41) is 32.6. The van der Waals surface area contributed by atoms with Crippen LogP contribution in [0.3, 0.4) is 0 Å². The zero-order valence-corrected chi connectivity index (χ0v) is 22.3. The van der Waals surface area contributed by atoms with Crippen LogP contribution in [0.15, 0.2) is 11.6 Å². The zero-order chi connectivity index (χ0) is 24.2. The second-order valence-electron chi connectivity index (χ2n) is 14.7. The number of aliphatic hydroxyl groups is 3. The summed E-state index contributed by atoms with van der Waals surface area (Å²) in [4.78, 5) is 0. The number of hydrogen-bond acceptors (Lipinski definition) is 3. The largest absolute Gasteiger partial charge is 0.396 e. The van der Waals surface area contributed by atoms with Crippen LogP contribution in [0.5, 0.6) is 0 Å². The number of fused-ring (bicyclic) bond motifs is 7. The molecule has 4 saturated carbocycles. The van der Waals surface area contributed by atoms with E-state index in [2.05, 4.69) is 54.5 Å². The van der Waals surface area contributed by atoms with Crippen molar-refractivity contribution in [2.24, 2.45) is 56.7 Å². The number of allylic oxidation sites excluding steroid dienone is 2. The Morgan fingerprint density at radius 1 is 0.909 bits per heavy atom. The van der Waals surface area contributed by atoms with Gasteiger partial charge in [-0.25, -0.2) is 0 Å². The molecule has 5 rings (SSSR count). The monoisotopic (exact) mass is 458 g/mol. The van der Waals surface area contributed by atoms with Gasteiger partial charge in [0, 0.05) is 12.0 Å². The first-order valence-corrected chi connectivity index (χ1v) is 14.0. The van der Waals surface area contributed by atoms with E-state index in [4.69, 9.17) is 0 Å². The van der Waals surface area contributed by atoms with Gasteiger partial charge in [0.25, 0.3) is 0 Å². The number of hydrogen-bond donors (Lipinski definition) is 3. The Morgan fingerprint density at radius 3 is 2.27 bits per heavy atom. The van der Waals surface area contributed by atoms with Crippen molar-refractivity contribution in [3.8, 4) is 0 Å². The molecule has 188 valence electrons. The summed E-state index contributed by atoms with van der Waals surface area (Å²) in [6, 6.07) is 0. The van der Waals surface area contributed by atoms with Gasteiger partial charge in [-0.15, -0.1) is 0 Å². The van der Waals surface area contributed by atoms with Crippen LogP contribution >= 0.6 is 0 Å². The lowest BCUT2D eigenvalue weighted by atomic mass is 9.33. The topological polar surface area (TPSA) is 60.7 Å². The second-order valence-corrected chi connectivity index (χ2v) is 14.7. The van der Waals surface area contributed by atoms with Crippen molar-refractivity contribution < 1.29 is 15.3 Å². The predicted molar refractivity (Wildman–Crippen MR) is 133 cm³/mol. The van der Waals surface area contributed by atoms with Crippen LogP contribution in [0.4, 0.5) is 0 Å². The standard InChI is InChI=1S/C30H50O3/c1-18-10-13-30(17-31)15-14-28(6)20(24(30)19(18)2)8-9-23-27(5)16-21(32)25(33)26(3,4)22(27)11-12-29(23,28)7/h8,18-19,21-25,31-33H,9-17H2,1-7H3/t18-,19+,21-,22-,23+,24-,25+,27+,28-,29-,30-/m1/s1. The Kier molecular flexibility index (Phi) is 5.40. The molecule has 0 unspecified atom stereocenters. The van der Waals surface area contributed by atoms with Crippen molar-refractivity contribution in [3.63, 3.8) is 0 Å². The molecule has 3 heteroatoms. The molecule has 3 N–H and O–H groups in total. The van der Waals surface area contributed by atoms with Crippen molar-refractivity contribution in [3.05, 3.63) is 11.6 Å². The van der Waals surface area contributed by atoms with E-state index in [-0.39, 0.29) is 27.1 Å². The van der Waals surface area contributed by atoms with Gasteiger partial charge >= 0.3 is 0 Å². The van der Waals surface area contributed by atoms with Crippen LogP contribution in [-0.4, -0.2) is 34.1 Å². The lowest BCUT2D eigenvalue weighted by Gasteiger charge is -2.72. The highest BCUT2D eigenvalue weighted by Gasteiger charge is 2.69. The third kappa shape index (κ3) is 2.85. The highest BCUT2D eigenvalue weighted by atomic mass is 16.3. The second kappa shape index (κ2) is 7.32. The average Bonchev–Trinajstić information content (AvgIpc) is 2.75. The minimum Gasteiger partial charge on any atom is -0.396 e. The first-order chi connectivity index (χ1) is 15.3. The summed E-state index contributed by atoms with van der Waals surface area (Å²) in [5.41, 5.74) is 1.89. The van der Waals surface area contributed by atoms with Crippen LogP contribution in [0.25, 0.3) is 0 Å². The SMILES string of the molecule is C[C@H]1[C@H](C)CC[C@]2(CO)CC[C@]3(C)C(=CC[C@H]4[C@@]5(C)C[C@@H](O)[C@H](O)C(C)(C)[C@H]5CC[C@]43C)[C@@H]12. The number of rotatable bonds is 1. The minimum absolute atomic E-state index is 0.0389. The van der Waals surface area contributed by atoms with E-state index in [9.17, 15) is 15.3 Å². The molecule has 0 aromatic rings. The summed E-state index contributed by atoms with van der Waals surface area (Å²) in [6.45, 7) is 17.2. The summed E-state index contributed by atoms with van der Waals surface area (Å²) in [7, 11) is 0. The summed E-state index contributed by atoms with van der Waals surface area (Å²) in [5.74, 6) is 2.80. The molecule has 0 radical (unpaired) electrons. The van der Waals surface area contributed by atoms with Crippen LogP contribution in [0.2, 0.25) is 0 Å². The van der Waals surface area contributed by atoms with Gasteiger partial charge in [-0.3, -0.25) is 0 Å². The molecule has 0 heterocycles. The molecular weight excluding hydrogens is 408 g/mol. The molecule has 0 bridgehead atoms. The van der Waals surface area contributed by atoms with Gasteiger partial charge in [0.05, 0.1) is 12.2 Å². The molecule has 0 aliphatic heterocycles. The highest BCUT2D eigenvalue weighted by molar-refractivity contribution is 5.34. The van der Waals surface area contributed by atoms with Gasteiger partial charge < -0.3 is 15.3 Å². The molecule has 11 atom stereocenters. The maximum Gasteiger partial charge on any atom is 0.0852 e. The molecule has 5 aliphatic rings. The molecule has 5 aliphatic carbocycles. The summed E-state index contributed by atoms with van der Waals surface area (Å²) >= 11 is 0. The maximum absolute atomic E-state index is 11.0. The van der Waals surface area contributed by atoms with Crippen LogP contribution in [0, 0.1) is 56.7 Å². The molecule has 0 saturated heterocycles. The Morgan fingerprint density at radius 2 is 1.61 bits per heavy atom. The first kappa shape index (κ1) is 24.3. The van der Waals surface area contributed by atoms with E-state index in [1.165, 1.54) is 25.7 Å². The van der Waals surface area contributed by atoms with Gasteiger partial charge in [0.2, 0.25) is 0 Å². The lowest BCUT2D eigenvalue weighted by molar-refractivity contribution is -0.232. The normalized spacial score (nSPS) is 57.8. The molecule has 0 aromatic heterocycles. The van der Waals surface area contributed by atoms with E-state index in [0.717, 1.165) is 25.7 Å². The van der Waals surface area contributed by atoms with Crippen LogP contribution in [-0.2, 0) is 0 Å². The molecule has 0 aromatic carbocycles. The Labute approximate surface area is 202 Å². The summed E-state index contributed by atoms with van der Waals surface area (Å²) < 4.78 is 0. The summed E-state index contributed by atoms with van der Waals surface area (Å²) in [6.07, 6.45) is 10.3. The fraction of sp³-hybridized carbons (Fsp3) is 0.933. The van der Waals surface area contributed by atoms with Crippen LogP contribution in [0.1, 0.15) is 99.8 Å². The molecule has 33 heavy (non-hydrogen) atoms. The zero-order valence-electron chi connectivity index (χ0n) is 22.3. The smallest absolute Gasteiger partial charge is 0.0852 e. The van der Waals surface area contributed by atoms with Crippen molar-refractivity contribution in [2.75, 3.05) is 6.61 Å². The first-order valence-electron chi connectivity index (χ1n) is 14.0. The quantitative estimate of drug-likeness (QED) is 0.424. The lowest BCUT2D eigenvalue weighted by Crippen LogP contribution is -2.67. The van der Waals surface area contributed by atoms with Gasteiger partial charge in [-0.2, -0.15) is 0 Å². The Bertz CT molecular complexity index is 832. The van der Waals surface area contributed by atoms with Gasteiger partial charge in [-0.1, -0.05) is 60.1 Å². The maximum atomic E-state index is 11.0. The fourth-order valence-electron chi connectivity index (χ4n) is 11.0. The van der Waals surface area contributed by atoms with Crippen molar-refractivity contribution in [1.29, 1.82) is 0 Å². The average molecular weight is 459 g/mol. The Hall–Kier alpha value is -0.380. The van der Waals surface area contributed by atoms with E-state index < -0.39 is 12.2 Å². The third-order valence-electron chi connectivity index (χ3n) is 13.4. The van der Waals surface area contributed by atoms with E-state index in [1.807, 2.05) is 0 Å². The molecule has 3 nitrogen and oxygen atoms in total. The van der Waals surface area contributed by atoms with Crippen LogP contribution < -0.4 is 0 Å². The third-order valence-corrected chi connectivity index (χ3v) is 13.4. The van der Waals surface area contributed by atoms with Gasteiger partial charge in [-0.05, 0) is 103 Å². The molecule has 4 fully saturated rings.